The average Bonchev–Trinajstić information content (AvgIpc) is 2.79. The van der Waals surface area contributed by atoms with Crippen LogP contribution in [-0.2, 0) is 11.8 Å². The zero-order valence-electron chi connectivity index (χ0n) is 13.3. The lowest BCUT2D eigenvalue weighted by Crippen LogP contribution is -2.48. The number of anilines is 1. The Kier molecular flexibility index (Phi) is 5.37. The standard InChI is InChI=1S/C16H24N4O2.ClH/c1-20-8-12(7-13(20)15(18)21)19-16(22)11-5-9-3-2-4-10(6-11)14(9)17;/h7-11,14H,2-6,17H2,1H3,(H2,18,21)(H,19,22);1H. The molecule has 0 spiro atoms. The van der Waals surface area contributed by atoms with Crippen LogP contribution >= 0.6 is 12.4 Å². The molecule has 2 aliphatic carbocycles. The third-order valence-corrected chi connectivity index (χ3v) is 5.31. The van der Waals surface area contributed by atoms with Gasteiger partial charge in [-0.2, -0.15) is 0 Å². The van der Waals surface area contributed by atoms with Crippen LogP contribution in [0.4, 0.5) is 5.69 Å². The van der Waals surface area contributed by atoms with Crippen molar-refractivity contribution in [3.8, 4) is 0 Å². The van der Waals surface area contributed by atoms with E-state index in [-0.39, 0.29) is 30.3 Å². The number of halogens is 1. The summed E-state index contributed by atoms with van der Waals surface area (Å²) in [6.07, 6.45) is 6.97. The van der Waals surface area contributed by atoms with Crippen LogP contribution in [0.15, 0.2) is 12.3 Å². The molecule has 2 bridgehead atoms. The first-order valence-electron chi connectivity index (χ1n) is 7.98. The Morgan fingerprint density at radius 1 is 1.26 bits per heavy atom. The first-order chi connectivity index (χ1) is 10.5. The zero-order chi connectivity index (χ0) is 15.9. The van der Waals surface area contributed by atoms with Gasteiger partial charge in [-0.1, -0.05) is 6.42 Å². The third kappa shape index (κ3) is 3.53. The summed E-state index contributed by atoms with van der Waals surface area (Å²) in [5, 5.41) is 2.92. The van der Waals surface area contributed by atoms with Gasteiger partial charge in [-0.25, -0.2) is 0 Å². The lowest BCUT2D eigenvalue weighted by atomic mass is 9.65. The maximum absolute atomic E-state index is 12.5. The number of aryl methyl sites for hydroxylation is 1. The first-order valence-corrected chi connectivity index (χ1v) is 7.98. The fourth-order valence-electron chi connectivity index (χ4n) is 4.13. The summed E-state index contributed by atoms with van der Waals surface area (Å²) in [4.78, 5) is 23.8. The van der Waals surface area contributed by atoms with Gasteiger partial charge in [-0.15, -0.1) is 12.4 Å². The molecule has 6 nitrogen and oxygen atoms in total. The normalized spacial score (nSPS) is 29.5. The fourth-order valence-corrected chi connectivity index (χ4v) is 4.13. The number of rotatable bonds is 3. The third-order valence-electron chi connectivity index (χ3n) is 5.31. The number of nitrogens with one attached hydrogen (secondary N) is 1. The van der Waals surface area contributed by atoms with Crippen LogP contribution in [0.2, 0.25) is 0 Å². The maximum atomic E-state index is 12.5. The molecule has 2 amide bonds. The topological polar surface area (TPSA) is 103 Å². The van der Waals surface area contributed by atoms with E-state index in [2.05, 4.69) is 5.32 Å². The molecule has 3 rings (SSSR count). The molecule has 5 N–H and O–H groups in total. The second-order valence-electron chi connectivity index (χ2n) is 6.78. The van der Waals surface area contributed by atoms with Gasteiger partial charge >= 0.3 is 0 Å². The number of nitrogens with two attached hydrogens (primary N) is 2. The highest BCUT2D eigenvalue weighted by Gasteiger charge is 2.40. The van der Waals surface area contributed by atoms with Crippen molar-refractivity contribution in [2.75, 3.05) is 5.32 Å². The van der Waals surface area contributed by atoms with Gasteiger partial charge in [0, 0.05) is 25.2 Å². The van der Waals surface area contributed by atoms with Crippen LogP contribution in [0.3, 0.4) is 0 Å². The molecule has 128 valence electrons. The van der Waals surface area contributed by atoms with E-state index in [0.29, 0.717) is 23.2 Å². The number of amides is 2. The van der Waals surface area contributed by atoms with Crippen molar-refractivity contribution in [3.05, 3.63) is 18.0 Å². The summed E-state index contributed by atoms with van der Waals surface area (Å²) >= 11 is 0. The van der Waals surface area contributed by atoms with Crippen LogP contribution < -0.4 is 16.8 Å². The van der Waals surface area contributed by atoms with E-state index in [9.17, 15) is 9.59 Å². The molecule has 2 aliphatic rings. The minimum Gasteiger partial charge on any atom is -0.364 e. The zero-order valence-corrected chi connectivity index (χ0v) is 14.1. The lowest BCUT2D eigenvalue weighted by molar-refractivity contribution is -0.122. The molecule has 1 aromatic rings. The number of hydrogen-bond donors (Lipinski definition) is 3. The van der Waals surface area contributed by atoms with E-state index in [0.717, 1.165) is 25.7 Å². The molecule has 0 saturated heterocycles. The molecule has 2 fully saturated rings. The molecular formula is C16H25ClN4O2. The van der Waals surface area contributed by atoms with Crippen molar-refractivity contribution < 1.29 is 9.59 Å². The summed E-state index contributed by atoms with van der Waals surface area (Å²) in [6, 6.07) is 1.88. The van der Waals surface area contributed by atoms with Gasteiger partial charge < -0.3 is 21.4 Å². The molecule has 1 aromatic heterocycles. The fraction of sp³-hybridized carbons (Fsp3) is 0.625. The van der Waals surface area contributed by atoms with Crippen molar-refractivity contribution in [1.29, 1.82) is 0 Å². The molecule has 2 saturated carbocycles. The average molecular weight is 341 g/mol. The van der Waals surface area contributed by atoms with Gasteiger partial charge in [0.1, 0.15) is 5.69 Å². The highest BCUT2D eigenvalue weighted by atomic mass is 35.5. The molecule has 2 atom stereocenters. The van der Waals surface area contributed by atoms with Crippen molar-refractivity contribution in [2.45, 2.75) is 38.1 Å². The molecule has 0 radical (unpaired) electrons. The Labute approximate surface area is 142 Å². The van der Waals surface area contributed by atoms with Crippen molar-refractivity contribution in [1.82, 2.24) is 4.57 Å². The summed E-state index contributed by atoms with van der Waals surface area (Å²) in [7, 11) is 1.74. The van der Waals surface area contributed by atoms with Crippen molar-refractivity contribution in [2.24, 2.45) is 36.3 Å². The highest BCUT2D eigenvalue weighted by molar-refractivity contribution is 5.96. The largest absolute Gasteiger partial charge is 0.364 e. The molecule has 23 heavy (non-hydrogen) atoms. The van der Waals surface area contributed by atoms with Crippen LogP contribution in [0.1, 0.15) is 42.6 Å². The monoisotopic (exact) mass is 340 g/mol. The maximum Gasteiger partial charge on any atom is 0.265 e. The number of carbonyl (C=O) groups excluding carboxylic acids is 2. The number of hydrogen-bond acceptors (Lipinski definition) is 3. The van der Waals surface area contributed by atoms with Crippen molar-refractivity contribution >= 4 is 29.9 Å². The summed E-state index contributed by atoms with van der Waals surface area (Å²) < 4.78 is 1.63. The molecule has 0 aromatic carbocycles. The molecule has 0 aliphatic heterocycles. The second kappa shape index (κ2) is 6.93. The van der Waals surface area contributed by atoms with Gasteiger partial charge in [0.25, 0.3) is 5.91 Å². The minimum atomic E-state index is -0.499. The molecule has 2 unspecified atom stereocenters. The lowest BCUT2D eigenvalue weighted by Gasteiger charge is -2.43. The Bertz CT molecular complexity index is 587. The Hall–Kier alpha value is -1.53. The van der Waals surface area contributed by atoms with Crippen LogP contribution in [-0.4, -0.2) is 22.4 Å². The number of primary amides is 1. The van der Waals surface area contributed by atoms with E-state index >= 15 is 0 Å². The predicted octanol–water partition coefficient (Wildman–Crippen LogP) is 1.64. The van der Waals surface area contributed by atoms with Crippen molar-refractivity contribution in [3.63, 3.8) is 0 Å². The Balaban J connectivity index is 0.00000192. The second-order valence-corrected chi connectivity index (χ2v) is 6.78. The molecule has 7 heteroatoms. The van der Waals surface area contributed by atoms with E-state index in [4.69, 9.17) is 11.5 Å². The van der Waals surface area contributed by atoms with Gasteiger partial charge in [-0.05, 0) is 43.6 Å². The van der Waals surface area contributed by atoms with Gasteiger partial charge in [0.05, 0.1) is 5.69 Å². The van der Waals surface area contributed by atoms with E-state index in [1.807, 2.05) is 0 Å². The van der Waals surface area contributed by atoms with Gasteiger partial charge in [-0.3, -0.25) is 9.59 Å². The Morgan fingerprint density at radius 3 is 2.39 bits per heavy atom. The number of nitrogens with zero attached hydrogens (tertiary/aromatic N) is 1. The van der Waals surface area contributed by atoms with Crippen LogP contribution in [0, 0.1) is 17.8 Å². The summed E-state index contributed by atoms with van der Waals surface area (Å²) in [5.74, 6) is 0.499. The predicted molar refractivity (Wildman–Crippen MR) is 91.3 cm³/mol. The Morgan fingerprint density at radius 2 is 1.87 bits per heavy atom. The molecule has 1 heterocycles. The highest BCUT2D eigenvalue weighted by Crippen LogP contribution is 2.42. The number of aromatic nitrogens is 1. The number of carbonyl (C=O) groups is 2. The van der Waals surface area contributed by atoms with Gasteiger partial charge in [0.15, 0.2) is 0 Å². The van der Waals surface area contributed by atoms with Crippen LogP contribution in [0.25, 0.3) is 0 Å². The minimum absolute atomic E-state index is 0. The quantitative estimate of drug-likeness (QED) is 0.779. The first kappa shape index (κ1) is 17.8. The summed E-state index contributed by atoms with van der Waals surface area (Å²) in [6.45, 7) is 0. The van der Waals surface area contributed by atoms with E-state index in [1.165, 1.54) is 6.42 Å². The van der Waals surface area contributed by atoms with E-state index < -0.39 is 5.91 Å². The van der Waals surface area contributed by atoms with Gasteiger partial charge in [0.2, 0.25) is 5.91 Å². The molecular weight excluding hydrogens is 316 g/mol. The summed E-state index contributed by atoms with van der Waals surface area (Å²) in [5.41, 5.74) is 12.6. The van der Waals surface area contributed by atoms with Crippen LogP contribution in [0.5, 0.6) is 0 Å². The SMILES string of the molecule is Cl.Cn1cc(NC(=O)C2CC3CCCC(C2)C3N)cc1C(N)=O. The van der Waals surface area contributed by atoms with E-state index in [1.54, 1.807) is 23.9 Å². The number of fused-ring (bicyclic) bond motifs is 2. The smallest absolute Gasteiger partial charge is 0.265 e.